The number of benzene rings is 2. The number of aromatic nitrogens is 1. The van der Waals surface area contributed by atoms with E-state index in [1.54, 1.807) is 25.6 Å². The van der Waals surface area contributed by atoms with Crippen LogP contribution in [0.4, 0.5) is 16.5 Å². The van der Waals surface area contributed by atoms with Gasteiger partial charge in [0.25, 0.3) is 0 Å². The molecule has 0 saturated carbocycles. The predicted octanol–water partition coefficient (Wildman–Crippen LogP) is 5.89. The van der Waals surface area contributed by atoms with Crippen LogP contribution < -0.4 is 14.4 Å². The summed E-state index contributed by atoms with van der Waals surface area (Å²) in [7, 11) is 3.33. The molecule has 0 radical (unpaired) electrons. The molecule has 0 N–H and O–H groups in total. The minimum absolute atomic E-state index is 0.632. The van der Waals surface area contributed by atoms with E-state index in [0.717, 1.165) is 41.2 Å². The van der Waals surface area contributed by atoms with Gasteiger partial charge in [0.1, 0.15) is 17.2 Å². The Hall–Kier alpha value is -2.67. The molecule has 0 amide bonds. The Morgan fingerprint density at radius 3 is 2.54 bits per heavy atom. The lowest BCUT2D eigenvalue weighted by molar-refractivity contribution is 0.404. The summed E-state index contributed by atoms with van der Waals surface area (Å²) in [6, 6.07) is 10.2. The van der Waals surface area contributed by atoms with Crippen molar-refractivity contribution < 1.29 is 9.47 Å². The molecule has 0 aliphatic carbocycles. The topological polar surface area (TPSA) is 59.3 Å². The molecule has 4 rings (SSSR count). The molecule has 3 aromatic rings. The third-order valence-corrected chi connectivity index (χ3v) is 5.92. The first-order valence-electron chi connectivity index (χ1n) is 9.54. The number of aryl methyl sites for hydroxylation is 1. The van der Waals surface area contributed by atoms with Crippen molar-refractivity contribution in [2.45, 2.75) is 26.2 Å². The first-order chi connectivity index (χ1) is 13.7. The summed E-state index contributed by atoms with van der Waals surface area (Å²) in [6.45, 7) is 4.21. The molecule has 0 bridgehead atoms. The molecule has 7 heteroatoms. The van der Waals surface area contributed by atoms with Gasteiger partial charge in [0.2, 0.25) is 5.13 Å². The van der Waals surface area contributed by atoms with Gasteiger partial charge in [-0.2, -0.15) is 0 Å². The van der Waals surface area contributed by atoms with Gasteiger partial charge < -0.3 is 14.4 Å². The van der Waals surface area contributed by atoms with Gasteiger partial charge in [0.05, 0.1) is 30.1 Å². The Bertz CT molecular complexity index is 1010. The lowest BCUT2D eigenvalue weighted by Gasteiger charge is -2.21. The van der Waals surface area contributed by atoms with Crippen molar-refractivity contribution in [3.05, 3.63) is 35.9 Å². The molecule has 146 valence electrons. The van der Waals surface area contributed by atoms with Crippen molar-refractivity contribution in [2.75, 3.05) is 32.2 Å². The molecule has 0 atom stereocenters. The number of anilines is 1. The van der Waals surface area contributed by atoms with Crippen molar-refractivity contribution in [2.24, 2.45) is 10.2 Å². The highest BCUT2D eigenvalue weighted by Gasteiger charge is 2.19. The normalized spacial score (nSPS) is 14.3. The SMILES string of the molecule is CCc1ccc2nc(N=Nc3cc(OC)c(N4CCCC4)cc3OC)sc2c1. The van der Waals surface area contributed by atoms with E-state index in [1.807, 2.05) is 18.2 Å². The molecule has 2 heterocycles. The van der Waals surface area contributed by atoms with E-state index in [-0.39, 0.29) is 0 Å². The number of ether oxygens (including phenoxy) is 2. The average Bonchev–Trinajstić information content (AvgIpc) is 3.40. The van der Waals surface area contributed by atoms with E-state index < -0.39 is 0 Å². The van der Waals surface area contributed by atoms with Crippen LogP contribution in [0.3, 0.4) is 0 Å². The summed E-state index contributed by atoms with van der Waals surface area (Å²) < 4.78 is 12.3. The first kappa shape index (κ1) is 18.7. The molecule has 1 aliphatic heterocycles. The molecule has 1 saturated heterocycles. The molecule has 0 spiro atoms. The van der Waals surface area contributed by atoms with Crippen molar-refractivity contribution in [3.8, 4) is 11.5 Å². The van der Waals surface area contributed by atoms with Gasteiger partial charge in [-0.3, -0.25) is 0 Å². The maximum atomic E-state index is 5.61. The standard InChI is InChI=1S/C21H24N4O2S/c1-4-14-7-8-15-20(11-14)28-21(22-15)24-23-16-12-19(27-3)17(13-18(16)26-2)25-9-5-6-10-25/h7-8,11-13H,4-6,9-10H2,1-3H3. The zero-order valence-electron chi connectivity index (χ0n) is 16.4. The van der Waals surface area contributed by atoms with Crippen molar-refractivity contribution >= 4 is 38.1 Å². The Kier molecular flexibility index (Phi) is 5.43. The van der Waals surface area contributed by atoms with E-state index in [4.69, 9.17) is 9.47 Å². The zero-order valence-corrected chi connectivity index (χ0v) is 17.3. The molecule has 0 unspecified atom stereocenters. The van der Waals surface area contributed by atoms with E-state index in [2.05, 4.69) is 39.2 Å². The van der Waals surface area contributed by atoms with Crippen LogP contribution in [-0.4, -0.2) is 32.3 Å². The van der Waals surface area contributed by atoms with Gasteiger partial charge in [0.15, 0.2) is 0 Å². The van der Waals surface area contributed by atoms with Crippen LogP contribution in [0.5, 0.6) is 11.5 Å². The number of methoxy groups -OCH3 is 2. The molecule has 1 aromatic heterocycles. The minimum Gasteiger partial charge on any atom is -0.494 e. The first-order valence-corrected chi connectivity index (χ1v) is 10.4. The van der Waals surface area contributed by atoms with Crippen molar-refractivity contribution in [1.29, 1.82) is 0 Å². The highest BCUT2D eigenvalue weighted by Crippen LogP contribution is 2.42. The lowest BCUT2D eigenvalue weighted by Crippen LogP contribution is -2.18. The van der Waals surface area contributed by atoms with Crippen LogP contribution in [0.15, 0.2) is 40.6 Å². The van der Waals surface area contributed by atoms with Gasteiger partial charge >= 0.3 is 0 Å². The molecule has 28 heavy (non-hydrogen) atoms. The average molecular weight is 397 g/mol. The molecule has 1 aliphatic rings. The van der Waals surface area contributed by atoms with Gasteiger partial charge in [-0.25, -0.2) is 4.98 Å². The summed E-state index contributed by atoms with van der Waals surface area (Å²) in [4.78, 5) is 6.88. The van der Waals surface area contributed by atoms with Crippen LogP contribution in [0, 0.1) is 0 Å². The molecular formula is C21H24N4O2S. The summed E-state index contributed by atoms with van der Waals surface area (Å²) >= 11 is 1.54. The highest BCUT2D eigenvalue weighted by atomic mass is 32.1. The third-order valence-electron chi connectivity index (χ3n) is 5.02. The number of hydrogen-bond acceptors (Lipinski definition) is 7. The monoisotopic (exact) mass is 396 g/mol. The maximum Gasteiger partial charge on any atom is 0.231 e. The Balaban J connectivity index is 1.66. The summed E-state index contributed by atoms with van der Waals surface area (Å²) in [5.41, 5.74) is 3.92. The van der Waals surface area contributed by atoms with Crippen LogP contribution in [0.25, 0.3) is 10.2 Å². The van der Waals surface area contributed by atoms with E-state index in [0.29, 0.717) is 16.6 Å². The zero-order chi connectivity index (χ0) is 19.5. The van der Waals surface area contributed by atoms with Gasteiger partial charge in [-0.15, -0.1) is 10.2 Å². The van der Waals surface area contributed by atoms with Gasteiger partial charge in [0, 0.05) is 25.2 Å². The van der Waals surface area contributed by atoms with Crippen LogP contribution in [0.1, 0.15) is 25.3 Å². The Morgan fingerprint density at radius 2 is 1.82 bits per heavy atom. The second-order valence-electron chi connectivity index (χ2n) is 6.74. The summed E-state index contributed by atoms with van der Waals surface area (Å²) in [5.74, 6) is 1.47. The number of fused-ring (bicyclic) bond motifs is 1. The summed E-state index contributed by atoms with van der Waals surface area (Å²) in [5, 5.41) is 9.41. The number of rotatable bonds is 6. The summed E-state index contributed by atoms with van der Waals surface area (Å²) in [6.07, 6.45) is 3.40. The quantitative estimate of drug-likeness (QED) is 0.487. The second-order valence-corrected chi connectivity index (χ2v) is 7.75. The fourth-order valence-electron chi connectivity index (χ4n) is 3.46. The van der Waals surface area contributed by atoms with Crippen LogP contribution in [0.2, 0.25) is 0 Å². The van der Waals surface area contributed by atoms with E-state index in [9.17, 15) is 0 Å². The Morgan fingerprint density at radius 1 is 1.04 bits per heavy atom. The van der Waals surface area contributed by atoms with Gasteiger partial charge in [-0.05, 0) is 37.0 Å². The largest absolute Gasteiger partial charge is 0.494 e. The van der Waals surface area contributed by atoms with Crippen LogP contribution >= 0.6 is 11.3 Å². The Labute approximate surface area is 168 Å². The van der Waals surface area contributed by atoms with E-state index >= 15 is 0 Å². The number of azo groups is 1. The maximum absolute atomic E-state index is 5.61. The fourth-order valence-corrected chi connectivity index (χ4v) is 4.32. The predicted molar refractivity (Wildman–Crippen MR) is 114 cm³/mol. The number of thiazole rings is 1. The number of hydrogen-bond donors (Lipinski definition) is 0. The van der Waals surface area contributed by atoms with E-state index in [1.165, 1.54) is 18.4 Å². The third kappa shape index (κ3) is 3.67. The second kappa shape index (κ2) is 8.14. The minimum atomic E-state index is 0.632. The smallest absolute Gasteiger partial charge is 0.231 e. The van der Waals surface area contributed by atoms with Crippen molar-refractivity contribution in [1.82, 2.24) is 4.98 Å². The highest BCUT2D eigenvalue weighted by molar-refractivity contribution is 7.21. The fraction of sp³-hybridized carbons (Fsp3) is 0.381. The molecular weight excluding hydrogens is 372 g/mol. The van der Waals surface area contributed by atoms with Crippen LogP contribution in [-0.2, 0) is 6.42 Å². The number of nitrogens with zero attached hydrogens (tertiary/aromatic N) is 4. The van der Waals surface area contributed by atoms with Gasteiger partial charge in [-0.1, -0.05) is 24.3 Å². The molecule has 1 fully saturated rings. The van der Waals surface area contributed by atoms with Crippen molar-refractivity contribution in [3.63, 3.8) is 0 Å². The lowest BCUT2D eigenvalue weighted by atomic mass is 10.2. The molecule has 2 aromatic carbocycles. The molecule has 6 nitrogen and oxygen atoms in total.